The van der Waals surface area contributed by atoms with E-state index in [0.29, 0.717) is 12.0 Å². The van der Waals surface area contributed by atoms with Crippen LogP contribution in [0.5, 0.6) is 0 Å². The molecule has 0 atom stereocenters. The summed E-state index contributed by atoms with van der Waals surface area (Å²) in [6.07, 6.45) is 3.60. The lowest BCUT2D eigenvalue weighted by Gasteiger charge is -2.08. The van der Waals surface area contributed by atoms with Crippen molar-refractivity contribution in [3.8, 4) is 0 Å². The van der Waals surface area contributed by atoms with E-state index in [2.05, 4.69) is 10.3 Å². The Morgan fingerprint density at radius 1 is 1.22 bits per heavy atom. The largest absolute Gasteiger partial charge is 0.396 e. The number of rotatable bonds is 4. The normalized spacial score (nSPS) is 10.1. The molecule has 2 rings (SSSR count). The summed E-state index contributed by atoms with van der Waals surface area (Å²) in [4.78, 5) is 16.1. The first kappa shape index (κ1) is 12.3. The molecule has 92 valence electrons. The number of nitrogens with one attached hydrogen (secondary N) is 1. The molecule has 0 saturated heterocycles. The van der Waals surface area contributed by atoms with E-state index >= 15 is 0 Å². The molecule has 0 spiro atoms. The average Bonchev–Trinajstić information content (AvgIpc) is 2.41. The van der Waals surface area contributed by atoms with E-state index in [-0.39, 0.29) is 12.5 Å². The van der Waals surface area contributed by atoms with Crippen molar-refractivity contribution in [2.75, 3.05) is 11.9 Å². The minimum Gasteiger partial charge on any atom is -0.396 e. The molecule has 0 saturated carbocycles. The molecule has 1 aromatic heterocycles. The van der Waals surface area contributed by atoms with Crippen LogP contribution in [0, 0.1) is 0 Å². The van der Waals surface area contributed by atoms with E-state index in [1.165, 1.54) is 0 Å². The van der Waals surface area contributed by atoms with E-state index < -0.39 is 0 Å². The van der Waals surface area contributed by atoms with E-state index in [1.807, 2.05) is 30.3 Å². The summed E-state index contributed by atoms with van der Waals surface area (Å²) in [5.41, 5.74) is 2.03. The fraction of sp³-hybridized carbons (Fsp3) is 0.143. The van der Waals surface area contributed by atoms with E-state index in [0.717, 1.165) is 11.3 Å². The molecule has 0 fully saturated rings. The van der Waals surface area contributed by atoms with Gasteiger partial charge in [0.2, 0.25) is 0 Å². The maximum absolute atomic E-state index is 12.1. The van der Waals surface area contributed by atoms with Gasteiger partial charge < -0.3 is 10.4 Å². The third-order valence-electron chi connectivity index (χ3n) is 2.56. The van der Waals surface area contributed by atoms with Gasteiger partial charge in [0.15, 0.2) is 0 Å². The van der Waals surface area contributed by atoms with Gasteiger partial charge in [-0.05, 0) is 30.2 Å². The van der Waals surface area contributed by atoms with Crippen molar-refractivity contribution < 1.29 is 9.90 Å². The highest BCUT2D eigenvalue weighted by Gasteiger charge is 2.10. The van der Waals surface area contributed by atoms with Crippen LogP contribution in [-0.4, -0.2) is 22.6 Å². The molecule has 1 aromatic carbocycles. The lowest BCUT2D eigenvalue weighted by molar-refractivity contribution is 0.102. The Labute approximate surface area is 105 Å². The first-order valence-corrected chi connectivity index (χ1v) is 5.71. The molecule has 0 unspecified atom stereocenters. The predicted octanol–water partition coefficient (Wildman–Crippen LogP) is 1.87. The summed E-state index contributed by atoms with van der Waals surface area (Å²) >= 11 is 0. The molecule has 0 aliphatic heterocycles. The number of carbonyl (C=O) groups is 1. The maximum Gasteiger partial charge on any atom is 0.256 e. The molecule has 0 bridgehead atoms. The second kappa shape index (κ2) is 5.93. The van der Waals surface area contributed by atoms with Crippen LogP contribution in [0.3, 0.4) is 0 Å². The third kappa shape index (κ3) is 2.93. The van der Waals surface area contributed by atoms with Crippen LogP contribution in [0.4, 0.5) is 5.69 Å². The highest BCUT2D eigenvalue weighted by molar-refractivity contribution is 6.05. The van der Waals surface area contributed by atoms with Crippen molar-refractivity contribution in [3.05, 3.63) is 59.9 Å². The zero-order valence-electron chi connectivity index (χ0n) is 9.84. The first-order chi connectivity index (χ1) is 8.81. The molecule has 2 aromatic rings. The number of para-hydroxylation sites is 1. The third-order valence-corrected chi connectivity index (χ3v) is 2.56. The standard InChI is InChI=1S/C14H14N2O2/c17-9-7-11-10-15-8-6-13(11)14(18)16-12-4-2-1-3-5-12/h1-6,8,10,17H,7,9H2,(H,16,18). The average molecular weight is 242 g/mol. The smallest absolute Gasteiger partial charge is 0.256 e. The number of aliphatic hydroxyl groups excluding tert-OH is 1. The monoisotopic (exact) mass is 242 g/mol. The quantitative estimate of drug-likeness (QED) is 0.860. The minimum atomic E-state index is -0.188. The van der Waals surface area contributed by atoms with Crippen molar-refractivity contribution in [1.29, 1.82) is 0 Å². The number of benzene rings is 1. The second-order valence-electron chi connectivity index (χ2n) is 3.83. The summed E-state index contributed by atoms with van der Waals surface area (Å²) in [6, 6.07) is 10.9. The molecule has 0 aliphatic carbocycles. The van der Waals surface area contributed by atoms with Gasteiger partial charge in [0.05, 0.1) is 0 Å². The fourth-order valence-electron chi connectivity index (χ4n) is 1.69. The zero-order valence-corrected chi connectivity index (χ0v) is 9.84. The maximum atomic E-state index is 12.1. The molecular formula is C14H14N2O2. The van der Waals surface area contributed by atoms with Crippen molar-refractivity contribution in [3.63, 3.8) is 0 Å². The van der Waals surface area contributed by atoms with Gasteiger partial charge in [-0.3, -0.25) is 9.78 Å². The summed E-state index contributed by atoms with van der Waals surface area (Å²) < 4.78 is 0. The number of aliphatic hydroxyl groups is 1. The summed E-state index contributed by atoms with van der Waals surface area (Å²) in [5, 5.41) is 11.8. The van der Waals surface area contributed by atoms with Crippen LogP contribution in [0.1, 0.15) is 15.9 Å². The second-order valence-corrected chi connectivity index (χ2v) is 3.83. The Kier molecular flexibility index (Phi) is 4.04. The van der Waals surface area contributed by atoms with E-state index in [1.54, 1.807) is 18.5 Å². The Morgan fingerprint density at radius 2 is 2.00 bits per heavy atom. The van der Waals surface area contributed by atoms with Crippen molar-refractivity contribution in [2.24, 2.45) is 0 Å². The van der Waals surface area contributed by atoms with Crippen LogP contribution in [0.2, 0.25) is 0 Å². The lowest BCUT2D eigenvalue weighted by atomic mass is 10.1. The molecular weight excluding hydrogens is 228 g/mol. The molecule has 0 aliphatic rings. The molecule has 4 nitrogen and oxygen atoms in total. The van der Waals surface area contributed by atoms with Gasteiger partial charge in [-0.1, -0.05) is 18.2 Å². The number of hydrogen-bond acceptors (Lipinski definition) is 3. The number of anilines is 1. The number of amides is 1. The summed E-state index contributed by atoms with van der Waals surface area (Å²) in [6.45, 7) is -0.00267. The summed E-state index contributed by atoms with van der Waals surface area (Å²) in [5.74, 6) is -0.188. The first-order valence-electron chi connectivity index (χ1n) is 5.71. The molecule has 18 heavy (non-hydrogen) atoms. The number of nitrogens with zero attached hydrogens (tertiary/aromatic N) is 1. The number of aromatic nitrogens is 1. The van der Waals surface area contributed by atoms with Gasteiger partial charge in [-0.2, -0.15) is 0 Å². The predicted molar refractivity (Wildman–Crippen MR) is 69.4 cm³/mol. The lowest BCUT2D eigenvalue weighted by Crippen LogP contribution is -2.15. The van der Waals surface area contributed by atoms with Gasteiger partial charge in [0.25, 0.3) is 5.91 Å². The highest BCUT2D eigenvalue weighted by atomic mass is 16.3. The number of hydrogen-bond donors (Lipinski definition) is 2. The highest BCUT2D eigenvalue weighted by Crippen LogP contribution is 2.12. The fourth-order valence-corrected chi connectivity index (χ4v) is 1.69. The van der Waals surface area contributed by atoms with Gasteiger partial charge in [0.1, 0.15) is 0 Å². The van der Waals surface area contributed by atoms with Crippen molar-refractivity contribution in [2.45, 2.75) is 6.42 Å². The Morgan fingerprint density at radius 3 is 2.72 bits per heavy atom. The van der Waals surface area contributed by atoms with Crippen LogP contribution >= 0.6 is 0 Å². The van der Waals surface area contributed by atoms with Crippen LogP contribution < -0.4 is 5.32 Å². The van der Waals surface area contributed by atoms with Crippen molar-refractivity contribution in [1.82, 2.24) is 4.98 Å². The Bertz CT molecular complexity index is 526. The molecule has 0 radical (unpaired) electrons. The topological polar surface area (TPSA) is 62.2 Å². The van der Waals surface area contributed by atoms with Gasteiger partial charge in [0, 0.05) is 30.3 Å². The van der Waals surface area contributed by atoms with Crippen LogP contribution in [0.25, 0.3) is 0 Å². The van der Waals surface area contributed by atoms with E-state index in [4.69, 9.17) is 5.11 Å². The molecule has 2 N–H and O–H groups in total. The summed E-state index contributed by atoms with van der Waals surface area (Å²) in [7, 11) is 0. The Balaban J connectivity index is 2.19. The van der Waals surface area contributed by atoms with Gasteiger partial charge in [-0.15, -0.1) is 0 Å². The van der Waals surface area contributed by atoms with Crippen LogP contribution in [-0.2, 0) is 6.42 Å². The van der Waals surface area contributed by atoms with Gasteiger partial charge in [-0.25, -0.2) is 0 Å². The molecule has 4 heteroatoms. The van der Waals surface area contributed by atoms with E-state index in [9.17, 15) is 4.79 Å². The number of pyridine rings is 1. The van der Waals surface area contributed by atoms with Crippen LogP contribution in [0.15, 0.2) is 48.8 Å². The van der Waals surface area contributed by atoms with Gasteiger partial charge >= 0.3 is 0 Å². The SMILES string of the molecule is O=C(Nc1ccccc1)c1ccncc1CCO. The zero-order chi connectivity index (χ0) is 12.8. The molecule has 1 amide bonds. The Hall–Kier alpha value is -2.20. The van der Waals surface area contributed by atoms with Crippen molar-refractivity contribution >= 4 is 11.6 Å². The number of carbonyl (C=O) groups excluding carboxylic acids is 1. The molecule has 1 heterocycles. The minimum absolute atomic E-state index is 0.00267.